The van der Waals surface area contributed by atoms with Gasteiger partial charge in [-0.3, -0.25) is 0 Å². The molecule has 22 heavy (non-hydrogen) atoms. The van der Waals surface area contributed by atoms with Crippen LogP contribution in [0.5, 0.6) is 0 Å². The van der Waals surface area contributed by atoms with Crippen LogP contribution in [0.1, 0.15) is 32.1 Å². The summed E-state index contributed by atoms with van der Waals surface area (Å²) in [6, 6.07) is 8.76. The van der Waals surface area contributed by atoms with Crippen molar-refractivity contribution >= 4 is 5.69 Å². The van der Waals surface area contributed by atoms with Crippen molar-refractivity contribution in [1.29, 1.82) is 0 Å². The SMILES string of the molecule is CC(C)N1CC[C@H](c2nnc(-c3ccc(N(C)C)cc3)o2)C1. The quantitative estimate of drug-likeness (QED) is 0.868. The van der Waals surface area contributed by atoms with E-state index < -0.39 is 0 Å². The van der Waals surface area contributed by atoms with Gasteiger partial charge in [0.2, 0.25) is 11.8 Å². The van der Waals surface area contributed by atoms with Gasteiger partial charge in [-0.15, -0.1) is 10.2 Å². The minimum Gasteiger partial charge on any atom is -0.420 e. The van der Waals surface area contributed by atoms with Crippen LogP contribution in [0.3, 0.4) is 0 Å². The van der Waals surface area contributed by atoms with Crippen LogP contribution in [0.25, 0.3) is 11.5 Å². The summed E-state index contributed by atoms with van der Waals surface area (Å²) in [5.41, 5.74) is 2.13. The number of anilines is 1. The number of hydrogen-bond donors (Lipinski definition) is 0. The van der Waals surface area contributed by atoms with Crippen molar-refractivity contribution in [2.45, 2.75) is 32.2 Å². The maximum Gasteiger partial charge on any atom is 0.247 e. The molecule has 2 aromatic rings. The molecule has 0 radical (unpaired) electrons. The van der Waals surface area contributed by atoms with Crippen molar-refractivity contribution in [3.63, 3.8) is 0 Å². The Hall–Kier alpha value is -1.88. The number of likely N-dealkylation sites (tertiary alicyclic amines) is 1. The fourth-order valence-electron chi connectivity index (χ4n) is 2.88. The van der Waals surface area contributed by atoms with Gasteiger partial charge in [-0.25, -0.2) is 0 Å². The molecule has 1 aliphatic heterocycles. The molecule has 5 heteroatoms. The van der Waals surface area contributed by atoms with Crippen molar-refractivity contribution in [2.75, 3.05) is 32.1 Å². The Morgan fingerprint density at radius 1 is 1.18 bits per heavy atom. The number of rotatable bonds is 4. The van der Waals surface area contributed by atoms with Crippen LogP contribution in [0.2, 0.25) is 0 Å². The summed E-state index contributed by atoms with van der Waals surface area (Å²) in [4.78, 5) is 4.53. The number of hydrogen-bond acceptors (Lipinski definition) is 5. The Morgan fingerprint density at radius 2 is 1.91 bits per heavy atom. The molecular weight excluding hydrogens is 276 g/mol. The zero-order valence-corrected chi connectivity index (χ0v) is 13.8. The summed E-state index contributed by atoms with van der Waals surface area (Å²) in [7, 11) is 4.06. The van der Waals surface area contributed by atoms with E-state index in [1.54, 1.807) is 0 Å². The first-order chi connectivity index (χ1) is 10.5. The highest BCUT2D eigenvalue weighted by Gasteiger charge is 2.29. The minimum absolute atomic E-state index is 0.365. The molecule has 3 rings (SSSR count). The van der Waals surface area contributed by atoms with E-state index in [1.165, 1.54) is 0 Å². The summed E-state index contributed by atoms with van der Waals surface area (Å²) in [5.74, 6) is 1.75. The molecule has 5 nitrogen and oxygen atoms in total. The molecule has 2 heterocycles. The van der Waals surface area contributed by atoms with Gasteiger partial charge in [0, 0.05) is 37.9 Å². The topological polar surface area (TPSA) is 45.4 Å². The summed E-state index contributed by atoms with van der Waals surface area (Å²) in [6.45, 7) is 6.58. The van der Waals surface area contributed by atoms with Crippen molar-refractivity contribution in [3.05, 3.63) is 30.2 Å². The van der Waals surface area contributed by atoms with Crippen LogP contribution in [0.4, 0.5) is 5.69 Å². The molecule has 0 amide bonds. The van der Waals surface area contributed by atoms with E-state index in [-0.39, 0.29) is 0 Å². The third kappa shape index (κ3) is 2.99. The highest BCUT2D eigenvalue weighted by Crippen LogP contribution is 2.29. The second-order valence-electron chi connectivity index (χ2n) is 6.46. The standard InChI is InChI=1S/C17H24N4O/c1-12(2)21-10-9-14(11-21)17-19-18-16(22-17)13-5-7-15(8-6-13)20(3)4/h5-8,12,14H,9-11H2,1-4H3/t14-/m0/s1. The zero-order valence-electron chi connectivity index (χ0n) is 13.8. The van der Waals surface area contributed by atoms with E-state index in [0.717, 1.165) is 36.7 Å². The van der Waals surface area contributed by atoms with Gasteiger partial charge in [-0.2, -0.15) is 0 Å². The molecule has 0 unspecified atom stereocenters. The molecule has 1 aromatic carbocycles. The molecular formula is C17H24N4O. The van der Waals surface area contributed by atoms with E-state index in [4.69, 9.17) is 4.42 Å². The maximum absolute atomic E-state index is 5.92. The third-order valence-corrected chi connectivity index (χ3v) is 4.37. The third-order valence-electron chi connectivity index (χ3n) is 4.37. The lowest BCUT2D eigenvalue weighted by atomic mass is 10.1. The summed E-state index contributed by atoms with van der Waals surface area (Å²) in [6.07, 6.45) is 1.10. The van der Waals surface area contributed by atoms with Gasteiger partial charge in [-0.1, -0.05) is 0 Å². The van der Waals surface area contributed by atoms with Crippen molar-refractivity contribution in [3.8, 4) is 11.5 Å². The highest BCUT2D eigenvalue weighted by molar-refractivity contribution is 5.58. The van der Waals surface area contributed by atoms with E-state index >= 15 is 0 Å². The van der Waals surface area contributed by atoms with Crippen LogP contribution in [-0.4, -0.2) is 48.3 Å². The normalized spacial score (nSPS) is 19.0. The average molecular weight is 300 g/mol. The summed E-state index contributed by atoms with van der Waals surface area (Å²) in [5, 5.41) is 8.50. The molecule has 118 valence electrons. The van der Waals surface area contributed by atoms with Crippen LogP contribution in [0.15, 0.2) is 28.7 Å². The van der Waals surface area contributed by atoms with Gasteiger partial charge in [0.1, 0.15) is 0 Å². The van der Waals surface area contributed by atoms with Crippen molar-refractivity contribution < 1.29 is 4.42 Å². The molecule has 1 fully saturated rings. The van der Waals surface area contributed by atoms with Crippen molar-refractivity contribution in [1.82, 2.24) is 15.1 Å². The van der Waals surface area contributed by atoms with Gasteiger partial charge >= 0.3 is 0 Å². The second kappa shape index (κ2) is 6.08. The Morgan fingerprint density at radius 3 is 2.50 bits per heavy atom. The Labute approximate surface area is 131 Å². The first-order valence-electron chi connectivity index (χ1n) is 7.90. The van der Waals surface area contributed by atoms with Gasteiger partial charge in [0.05, 0.1) is 5.92 Å². The lowest BCUT2D eigenvalue weighted by Crippen LogP contribution is -2.27. The fraction of sp³-hybridized carbons (Fsp3) is 0.529. The number of benzene rings is 1. The van der Waals surface area contributed by atoms with Gasteiger partial charge in [0.25, 0.3) is 0 Å². The molecule has 0 spiro atoms. The molecule has 1 saturated heterocycles. The van der Waals surface area contributed by atoms with E-state index in [9.17, 15) is 0 Å². The summed E-state index contributed by atoms with van der Waals surface area (Å²) >= 11 is 0. The van der Waals surface area contributed by atoms with Gasteiger partial charge < -0.3 is 14.2 Å². The molecule has 1 atom stereocenters. The first-order valence-corrected chi connectivity index (χ1v) is 7.90. The van der Waals surface area contributed by atoms with Crippen molar-refractivity contribution in [2.24, 2.45) is 0 Å². The molecule has 0 bridgehead atoms. The van der Waals surface area contributed by atoms with E-state index in [2.05, 4.69) is 46.0 Å². The number of nitrogens with zero attached hydrogens (tertiary/aromatic N) is 4. The predicted molar refractivity (Wildman–Crippen MR) is 88.1 cm³/mol. The molecule has 0 N–H and O–H groups in total. The lowest BCUT2D eigenvalue weighted by Gasteiger charge is -2.19. The molecule has 0 saturated carbocycles. The monoisotopic (exact) mass is 300 g/mol. The molecule has 1 aromatic heterocycles. The zero-order chi connectivity index (χ0) is 15.7. The smallest absolute Gasteiger partial charge is 0.247 e. The van der Waals surface area contributed by atoms with Crippen LogP contribution in [0, 0.1) is 0 Å². The average Bonchev–Trinajstić information content (AvgIpc) is 3.16. The largest absolute Gasteiger partial charge is 0.420 e. The first kappa shape index (κ1) is 15.0. The van der Waals surface area contributed by atoms with Crippen LogP contribution >= 0.6 is 0 Å². The van der Waals surface area contributed by atoms with Gasteiger partial charge in [-0.05, 0) is 51.1 Å². The van der Waals surface area contributed by atoms with Crippen LogP contribution < -0.4 is 4.90 Å². The Bertz CT molecular complexity index is 618. The minimum atomic E-state index is 0.365. The molecule has 1 aliphatic rings. The number of aromatic nitrogens is 2. The Kier molecular flexibility index (Phi) is 4.16. The maximum atomic E-state index is 5.92. The Balaban J connectivity index is 1.74. The summed E-state index contributed by atoms with van der Waals surface area (Å²) < 4.78 is 5.92. The second-order valence-corrected chi connectivity index (χ2v) is 6.46. The molecule has 0 aliphatic carbocycles. The highest BCUT2D eigenvalue weighted by atomic mass is 16.4. The van der Waals surface area contributed by atoms with E-state index in [1.807, 2.05) is 26.2 Å². The van der Waals surface area contributed by atoms with Gasteiger partial charge in [0.15, 0.2) is 0 Å². The fourth-order valence-corrected chi connectivity index (χ4v) is 2.88. The lowest BCUT2D eigenvalue weighted by molar-refractivity contribution is 0.269. The van der Waals surface area contributed by atoms with Crippen LogP contribution in [-0.2, 0) is 0 Å². The predicted octanol–water partition coefficient (Wildman–Crippen LogP) is 3.00. The van der Waals surface area contributed by atoms with E-state index in [0.29, 0.717) is 17.9 Å².